The Hall–Kier alpha value is -2.31. The van der Waals surface area contributed by atoms with Gasteiger partial charge in [0.05, 0.1) is 11.6 Å². The number of ether oxygens (including phenoxy) is 1. The standard InChI is InChI=1S/C19H21F2N3O2/c1-12-8-15-18(16(9-25)23-12)26-10-13-4-2-3-5-14(13)17-6-7-22-24(17)11-19(15,20)21/h7-9,17H,2-6,10-11H2,1H3. The molecule has 0 aromatic carbocycles. The number of alkyl halides is 2. The molecule has 1 unspecified atom stereocenters. The van der Waals surface area contributed by atoms with Crippen LogP contribution in [-0.2, 0) is 5.92 Å². The number of aryl methyl sites for hydroxylation is 1. The number of aromatic nitrogens is 1. The number of rotatable bonds is 1. The van der Waals surface area contributed by atoms with Crippen molar-refractivity contribution in [2.45, 2.75) is 51.0 Å². The van der Waals surface area contributed by atoms with Gasteiger partial charge in [0, 0.05) is 18.3 Å². The molecule has 138 valence electrons. The van der Waals surface area contributed by atoms with Crippen molar-refractivity contribution in [2.75, 3.05) is 13.2 Å². The smallest absolute Gasteiger partial charge is 0.295 e. The highest BCUT2D eigenvalue weighted by molar-refractivity contribution is 5.77. The second kappa shape index (κ2) is 6.45. The highest BCUT2D eigenvalue weighted by Crippen LogP contribution is 2.42. The number of halogens is 2. The van der Waals surface area contributed by atoms with E-state index in [0.717, 1.165) is 31.3 Å². The Kier molecular flexibility index (Phi) is 4.25. The van der Waals surface area contributed by atoms with Gasteiger partial charge in [-0.2, -0.15) is 13.9 Å². The van der Waals surface area contributed by atoms with E-state index in [0.29, 0.717) is 18.4 Å². The number of hydrogen-bond donors (Lipinski definition) is 0. The van der Waals surface area contributed by atoms with Crippen molar-refractivity contribution in [2.24, 2.45) is 5.10 Å². The van der Waals surface area contributed by atoms with Crippen molar-refractivity contribution in [1.82, 2.24) is 9.99 Å². The van der Waals surface area contributed by atoms with Gasteiger partial charge in [-0.05, 0) is 49.8 Å². The van der Waals surface area contributed by atoms with Crippen LogP contribution in [-0.4, -0.2) is 41.7 Å². The molecular formula is C19H21F2N3O2. The first kappa shape index (κ1) is 17.1. The molecule has 0 saturated heterocycles. The number of hydrazone groups is 1. The molecule has 0 saturated carbocycles. The molecule has 0 radical (unpaired) electrons. The van der Waals surface area contributed by atoms with E-state index in [1.54, 1.807) is 13.1 Å². The van der Waals surface area contributed by atoms with Gasteiger partial charge < -0.3 is 4.74 Å². The van der Waals surface area contributed by atoms with E-state index in [1.165, 1.54) is 16.6 Å². The van der Waals surface area contributed by atoms with Crippen molar-refractivity contribution in [3.05, 3.63) is 34.2 Å². The molecule has 0 amide bonds. The third-order valence-corrected chi connectivity index (χ3v) is 5.33. The summed E-state index contributed by atoms with van der Waals surface area (Å²) in [7, 11) is 0. The third-order valence-electron chi connectivity index (χ3n) is 5.33. The Morgan fingerprint density at radius 1 is 1.35 bits per heavy atom. The summed E-state index contributed by atoms with van der Waals surface area (Å²) in [6.07, 6.45) is 6.74. The average molecular weight is 361 g/mol. The molecule has 5 nitrogen and oxygen atoms in total. The van der Waals surface area contributed by atoms with Crippen molar-refractivity contribution < 1.29 is 18.3 Å². The van der Waals surface area contributed by atoms with Gasteiger partial charge >= 0.3 is 0 Å². The van der Waals surface area contributed by atoms with Gasteiger partial charge in [-0.25, -0.2) is 4.98 Å². The molecule has 3 heterocycles. The van der Waals surface area contributed by atoms with Gasteiger partial charge in [0.2, 0.25) is 0 Å². The minimum atomic E-state index is -3.20. The zero-order valence-corrected chi connectivity index (χ0v) is 14.7. The summed E-state index contributed by atoms with van der Waals surface area (Å²) in [5.74, 6) is -3.30. The minimum Gasteiger partial charge on any atom is -0.486 e. The number of aldehydes is 1. The lowest BCUT2D eigenvalue weighted by atomic mass is 9.86. The molecular weight excluding hydrogens is 340 g/mol. The zero-order chi connectivity index (χ0) is 18.3. The lowest BCUT2D eigenvalue weighted by Crippen LogP contribution is -2.39. The molecule has 0 spiro atoms. The largest absolute Gasteiger partial charge is 0.486 e. The predicted molar refractivity (Wildman–Crippen MR) is 92.8 cm³/mol. The predicted octanol–water partition coefficient (Wildman–Crippen LogP) is 3.62. The molecule has 0 N–H and O–H groups in total. The van der Waals surface area contributed by atoms with Gasteiger partial charge in [0.25, 0.3) is 5.92 Å². The number of pyridine rings is 1. The maximum atomic E-state index is 15.2. The third kappa shape index (κ3) is 2.89. The van der Waals surface area contributed by atoms with Crippen molar-refractivity contribution >= 4 is 12.5 Å². The topological polar surface area (TPSA) is 54.8 Å². The molecule has 26 heavy (non-hydrogen) atoms. The van der Waals surface area contributed by atoms with E-state index in [-0.39, 0.29) is 29.7 Å². The summed E-state index contributed by atoms with van der Waals surface area (Å²) < 4.78 is 36.1. The fourth-order valence-electron chi connectivity index (χ4n) is 4.12. The Bertz CT molecular complexity index is 804. The molecule has 0 bridgehead atoms. The normalized spacial score (nSPS) is 24.4. The van der Waals surface area contributed by atoms with Gasteiger partial charge in [0.15, 0.2) is 12.0 Å². The number of nitrogens with zero attached hydrogens (tertiary/aromatic N) is 3. The van der Waals surface area contributed by atoms with Crippen LogP contribution >= 0.6 is 0 Å². The summed E-state index contributed by atoms with van der Waals surface area (Å²) in [5, 5.41) is 5.73. The fourth-order valence-corrected chi connectivity index (χ4v) is 4.12. The lowest BCUT2D eigenvalue weighted by Gasteiger charge is -2.35. The molecule has 2 aliphatic heterocycles. The fraction of sp³-hybridized carbons (Fsp3) is 0.526. The van der Waals surface area contributed by atoms with Crippen molar-refractivity contribution in [3.8, 4) is 5.75 Å². The summed E-state index contributed by atoms with van der Waals surface area (Å²) in [6, 6.07) is 1.20. The SMILES string of the molecule is Cc1cc2c(c(C=O)n1)OCC1=C(CCCC1)C1CC=NN1CC2(F)F. The highest BCUT2D eigenvalue weighted by Gasteiger charge is 2.42. The summed E-state index contributed by atoms with van der Waals surface area (Å²) in [6.45, 7) is 1.28. The van der Waals surface area contributed by atoms with Gasteiger partial charge in [-0.15, -0.1) is 0 Å². The second-order valence-electron chi connectivity index (χ2n) is 7.12. The molecule has 1 aromatic rings. The van der Waals surface area contributed by atoms with E-state index >= 15 is 8.78 Å². The molecule has 0 fully saturated rings. The van der Waals surface area contributed by atoms with Crippen LogP contribution in [0.3, 0.4) is 0 Å². The van der Waals surface area contributed by atoms with Gasteiger partial charge in [0.1, 0.15) is 18.8 Å². The van der Waals surface area contributed by atoms with Crippen molar-refractivity contribution in [3.63, 3.8) is 0 Å². The second-order valence-corrected chi connectivity index (χ2v) is 7.12. The van der Waals surface area contributed by atoms with Crippen LogP contribution in [0.4, 0.5) is 8.78 Å². The molecule has 3 aliphatic rings. The summed E-state index contributed by atoms with van der Waals surface area (Å²) in [5.41, 5.74) is 2.32. The van der Waals surface area contributed by atoms with E-state index in [4.69, 9.17) is 4.74 Å². The van der Waals surface area contributed by atoms with Crippen LogP contribution in [0.1, 0.15) is 53.8 Å². The minimum absolute atomic E-state index is 0.0697. The number of carbonyl (C=O) groups is 1. The van der Waals surface area contributed by atoms with Crippen LogP contribution in [0.25, 0.3) is 0 Å². The van der Waals surface area contributed by atoms with Crippen LogP contribution in [0, 0.1) is 6.92 Å². The van der Waals surface area contributed by atoms with E-state index in [1.807, 2.05) is 0 Å². The molecule has 4 rings (SSSR count). The van der Waals surface area contributed by atoms with E-state index < -0.39 is 12.5 Å². The van der Waals surface area contributed by atoms with Gasteiger partial charge in [-0.3, -0.25) is 9.80 Å². The Morgan fingerprint density at radius 2 is 2.15 bits per heavy atom. The van der Waals surface area contributed by atoms with E-state index in [9.17, 15) is 4.79 Å². The quantitative estimate of drug-likeness (QED) is 0.566. The highest BCUT2D eigenvalue weighted by atomic mass is 19.3. The first-order valence-electron chi connectivity index (χ1n) is 8.97. The van der Waals surface area contributed by atoms with E-state index in [2.05, 4.69) is 10.1 Å². The van der Waals surface area contributed by atoms with Crippen LogP contribution in [0.2, 0.25) is 0 Å². The molecule has 1 atom stereocenters. The average Bonchev–Trinajstić information content (AvgIpc) is 3.06. The number of carbonyl (C=O) groups excluding carboxylic acids is 1. The Morgan fingerprint density at radius 3 is 2.96 bits per heavy atom. The van der Waals surface area contributed by atoms with Crippen LogP contribution in [0.15, 0.2) is 22.3 Å². The maximum Gasteiger partial charge on any atom is 0.295 e. The zero-order valence-electron chi connectivity index (χ0n) is 14.7. The Balaban J connectivity index is 1.86. The lowest BCUT2D eigenvalue weighted by molar-refractivity contribution is -0.0444. The molecule has 7 heteroatoms. The monoisotopic (exact) mass is 361 g/mol. The van der Waals surface area contributed by atoms with Crippen LogP contribution < -0.4 is 4.74 Å². The van der Waals surface area contributed by atoms with Crippen molar-refractivity contribution in [1.29, 1.82) is 0 Å². The molecule has 1 aliphatic carbocycles. The first-order chi connectivity index (χ1) is 12.5. The Labute approximate surface area is 150 Å². The number of fused-ring (bicyclic) bond motifs is 3. The first-order valence-corrected chi connectivity index (χ1v) is 8.97. The summed E-state index contributed by atoms with van der Waals surface area (Å²) >= 11 is 0. The van der Waals surface area contributed by atoms with Crippen LogP contribution in [0.5, 0.6) is 5.75 Å². The van der Waals surface area contributed by atoms with Gasteiger partial charge in [-0.1, -0.05) is 0 Å². The number of hydrogen-bond acceptors (Lipinski definition) is 5. The summed E-state index contributed by atoms with van der Waals surface area (Å²) in [4.78, 5) is 15.5. The maximum absolute atomic E-state index is 15.2. The molecule has 1 aromatic heterocycles.